The van der Waals surface area contributed by atoms with Gasteiger partial charge in [-0.1, -0.05) is 0 Å². The van der Waals surface area contributed by atoms with Crippen LogP contribution >= 0.6 is 15.9 Å². The number of urea groups is 1. The maximum Gasteiger partial charge on any atom is 0.319 e. The summed E-state index contributed by atoms with van der Waals surface area (Å²) in [6.07, 6.45) is 0. The van der Waals surface area contributed by atoms with Gasteiger partial charge >= 0.3 is 6.03 Å². The molecule has 0 saturated carbocycles. The highest BCUT2D eigenvalue weighted by molar-refractivity contribution is 9.10. The van der Waals surface area contributed by atoms with Crippen molar-refractivity contribution in [2.75, 3.05) is 51.8 Å². The summed E-state index contributed by atoms with van der Waals surface area (Å²) < 4.78 is 11.2. The van der Waals surface area contributed by atoms with Gasteiger partial charge in [-0.05, 0) is 34.1 Å². The topological polar surface area (TPSA) is 62.8 Å². The van der Waals surface area contributed by atoms with E-state index in [0.29, 0.717) is 12.2 Å². The Kier molecular flexibility index (Phi) is 6.28. The number of morpholine rings is 1. The second kappa shape index (κ2) is 8.21. The highest BCUT2D eigenvalue weighted by atomic mass is 79.9. The molecular weight excluding hydrogens is 338 g/mol. The number of methoxy groups -OCH3 is 1. The molecule has 0 bridgehead atoms. The highest BCUT2D eigenvalue weighted by Crippen LogP contribution is 2.27. The molecule has 2 N–H and O–H groups in total. The molecule has 1 aromatic rings. The van der Waals surface area contributed by atoms with Crippen molar-refractivity contribution in [3.63, 3.8) is 0 Å². The first-order valence-corrected chi connectivity index (χ1v) is 7.67. The molecule has 0 aromatic heterocycles. The Labute approximate surface area is 132 Å². The van der Waals surface area contributed by atoms with E-state index in [2.05, 4.69) is 31.5 Å². The first kappa shape index (κ1) is 16.1. The number of carbonyl (C=O) groups is 1. The van der Waals surface area contributed by atoms with Crippen LogP contribution in [0.5, 0.6) is 5.75 Å². The van der Waals surface area contributed by atoms with E-state index in [-0.39, 0.29) is 6.03 Å². The Morgan fingerprint density at radius 1 is 1.43 bits per heavy atom. The first-order valence-electron chi connectivity index (χ1n) is 6.87. The van der Waals surface area contributed by atoms with Crippen LogP contribution in [-0.4, -0.2) is 57.4 Å². The number of hydrogen-bond donors (Lipinski definition) is 2. The third-order valence-electron chi connectivity index (χ3n) is 3.23. The number of hydrogen-bond acceptors (Lipinski definition) is 4. The average Bonchev–Trinajstić information content (AvgIpc) is 2.48. The Morgan fingerprint density at radius 2 is 2.19 bits per heavy atom. The number of anilines is 1. The van der Waals surface area contributed by atoms with Crippen molar-refractivity contribution in [2.24, 2.45) is 0 Å². The van der Waals surface area contributed by atoms with Gasteiger partial charge in [-0.25, -0.2) is 4.79 Å². The van der Waals surface area contributed by atoms with Gasteiger partial charge in [-0.2, -0.15) is 0 Å². The molecule has 1 heterocycles. The second-order valence-corrected chi connectivity index (χ2v) is 5.54. The number of rotatable bonds is 5. The number of nitrogens with one attached hydrogen (secondary N) is 2. The van der Waals surface area contributed by atoms with Gasteiger partial charge in [-0.15, -0.1) is 0 Å². The number of halogens is 1. The molecule has 6 nitrogen and oxygen atoms in total. The molecule has 7 heteroatoms. The third-order valence-corrected chi connectivity index (χ3v) is 3.85. The average molecular weight is 358 g/mol. The number of carbonyl (C=O) groups excluding carboxylic acids is 1. The van der Waals surface area contributed by atoms with Gasteiger partial charge in [0.25, 0.3) is 0 Å². The smallest absolute Gasteiger partial charge is 0.319 e. The molecular formula is C14H20BrN3O3. The van der Waals surface area contributed by atoms with Crippen LogP contribution in [0.2, 0.25) is 0 Å². The molecule has 0 spiro atoms. The zero-order valence-electron chi connectivity index (χ0n) is 12.0. The van der Waals surface area contributed by atoms with Crippen LogP contribution in [0.3, 0.4) is 0 Å². The molecule has 0 aliphatic carbocycles. The fraction of sp³-hybridized carbons (Fsp3) is 0.500. The van der Waals surface area contributed by atoms with E-state index < -0.39 is 0 Å². The van der Waals surface area contributed by atoms with Gasteiger partial charge in [0.15, 0.2) is 0 Å². The summed E-state index contributed by atoms with van der Waals surface area (Å²) >= 11 is 3.39. The van der Waals surface area contributed by atoms with Crippen LogP contribution in [0.15, 0.2) is 22.7 Å². The largest absolute Gasteiger partial charge is 0.496 e. The molecule has 0 unspecified atom stereocenters. The Balaban J connectivity index is 1.72. The lowest BCUT2D eigenvalue weighted by atomic mass is 10.3. The monoisotopic (exact) mass is 357 g/mol. The third kappa shape index (κ3) is 5.18. The van der Waals surface area contributed by atoms with Crippen LogP contribution in [0, 0.1) is 0 Å². The summed E-state index contributed by atoms with van der Waals surface area (Å²) in [6.45, 7) is 4.84. The van der Waals surface area contributed by atoms with E-state index in [0.717, 1.165) is 43.1 Å². The number of benzene rings is 1. The predicted molar refractivity (Wildman–Crippen MR) is 85.0 cm³/mol. The molecule has 1 aliphatic rings. The van der Waals surface area contributed by atoms with Crippen molar-refractivity contribution in [1.29, 1.82) is 0 Å². The zero-order chi connectivity index (χ0) is 15.1. The Bertz CT molecular complexity index is 479. The quantitative estimate of drug-likeness (QED) is 0.844. The fourth-order valence-electron chi connectivity index (χ4n) is 2.07. The summed E-state index contributed by atoms with van der Waals surface area (Å²) in [4.78, 5) is 14.1. The maximum atomic E-state index is 11.8. The second-order valence-electron chi connectivity index (χ2n) is 4.68. The fourth-order valence-corrected chi connectivity index (χ4v) is 2.61. The van der Waals surface area contributed by atoms with Crippen LogP contribution < -0.4 is 15.4 Å². The summed E-state index contributed by atoms with van der Waals surface area (Å²) in [5, 5.41) is 5.64. The van der Waals surface area contributed by atoms with Crippen molar-refractivity contribution < 1.29 is 14.3 Å². The molecule has 116 valence electrons. The van der Waals surface area contributed by atoms with Gasteiger partial charge in [0.05, 0.1) is 24.8 Å². The highest BCUT2D eigenvalue weighted by Gasteiger charge is 2.10. The molecule has 0 atom stereocenters. The zero-order valence-corrected chi connectivity index (χ0v) is 13.6. The maximum absolute atomic E-state index is 11.8. The molecule has 1 aromatic carbocycles. The predicted octanol–water partition coefficient (Wildman–Crippen LogP) is 1.91. The molecule has 21 heavy (non-hydrogen) atoms. The van der Waals surface area contributed by atoms with Crippen molar-refractivity contribution >= 4 is 27.6 Å². The summed E-state index contributed by atoms with van der Waals surface area (Å²) in [5.41, 5.74) is 0.714. The number of amides is 2. The van der Waals surface area contributed by atoms with Crippen molar-refractivity contribution in [3.8, 4) is 5.75 Å². The van der Waals surface area contributed by atoms with Gasteiger partial charge in [-0.3, -0.25) is 4.90 Å². The molecule has 2 amide bonds. The van der Waals surface area contributed by atoms with E-state index in [1.165, 1.54) is 0 Å². The number of ether oxygens (including phenoxy) is 2. The molecule has 1 fully saturated rings. The minimum atomic E-state index is -0.208. The van der Waals surface area contributed by atoms with Crippen molar-refractivity contribution in [3.05, 3.63) is 22.7 Å². The van der Waals surface area contributed by atoms with Gasteiger partial charge in [0, 0.05) is 31.9 Å². The van der Waals surface area contributed by atoms with E-state index in [4.69, 9.17) is 9.47 Å². The van der Waals surface area contributed by atoms with E-state index in [1.54, 1.807) is 25.3 Å². The SMILES string of the molecule is COc1ccc(NC(=O)NCCN2CCOCC2)cc1Br. The van der Waals surface area contributed by atoms with Gasteiger partial charge in [0.2, 0.25) is 0 Å². The van der Waals surface area contributed by atoms with Crippen LogP contribution in [-0.2, 0) is 4.74 Å². The minimum absolute atomic E-state index is 0.208. The minimum Gasteiger partial charge on any atom is -0.496 e. The molecule has 1 saturated heterocycles. The summed E-state index contributed by atoms with van der Waals surface area (Å²) in [7, 11) is 1.60. The Morgan fingerprint density at radius 3 is 2.86 bits per heavy atom. The first-order chi connectivity index (χ1) is 10.2. The van der Waals surface area contributed by atoms with Crippen molar-refractivity contribution in [2.45, 2.75) is 0 Å². The molecule has 0 radical (unpaired) electrons. The van der Waals surface area contributed by atoms with Gasteiger partial charge in [0.1, 0.15) is 5.75 Å². The molecule has 2 rings (SSSR count). The lowest BCUT2D eigenvalue weighted by Gasteiger charge is -2.26. The van der Waals surface area contributed by atoms with E-state index in [9.17, 15) is 4.79 Å². The number of nitrogens with zero attached hydrogens (tertiary/aromatic N) is 1. The summed E-state index contributed by atoms with van der Waals surface area (Å²) in [6, 6.07) is 5.19. The van der Waals surface area contributed by atoms with Gasteiger partial charge < -0.3 is 20.1 Å². The lowest BCUT2D eigenvalue weighted by molar-refractivity contribution is 0.0388. The van der Waals surface area contributed by atoms with Crippen LogP contribution in [0.1, 0.15) is 0 Å². The lowest BCUT2D eigenvalue weighted by Crippen LogP contribution is -2.42. The van der Waals surface area contributed by atoms with Crippen LogP contribution in [0.4, 0.5) is 10.5 Å². The Hall–Kier alpha value is -1.31. The van der Waals surface area contributed by atoms with E-state index in [1.807, 2.05) is 0 Å². The van der Waals surface area contributed by atoms with Crippen LogP contribution in [0.25, 0.3) is 0 Å². The summed E-state index contributed by atoms with van der Waals surface area (Å²) in [5.74, 6) is 0.730. The standard InChI is InChI=1S/C14H20BrN3O3/c1-20-13-3-2-11(10-12(13)15)17-14(19)16-4-5-18-6-8-21-9-7-18/h2-3,10H,4-9H2,1H3,(H2,16,17,19). The van der Waals surface area contributed by atoms with E-state index >= 15 is 0 Å². The normalized spacial score (nSPS) is 15.5. The molecule has 1 aliphatic heterocycles. The van der Waals surface area contributed by atoms with Crippen molar-refractivity contribution in [1.82, 2.24) is 10.2 Å².